The van der Waals surface area contributed by atoms with Crippen molar-refractivity contribution in [2.24, 2.45) is 0 Å². The van der Waals surface area contributed by atoms with Crippen LogP contribution in [0.3, 0.4) is 0 Å². The third-order valence-electron chi connectivity index (χ3n) is 4.54. The minimum atomic E-state index is -3.55. The van der Waals surface area contributed by atoms with Gasteiger partial charge in [0.05, 0.1) is 4.90 Å². The van der Waals surface area contributed by atoms with Gasteiger partial charge in [-0.1, -0.05) is 24.6 Å². The zero-order valence-corrected chi connectivity index (χ0v) is 17.2. The molecule has 1 aliphatic heterocycles. The van der Waals surface area contributed by atoms with Crippen molar-refractivity contribution in [2.45, 2.75) is 36.5 Å². The minimum Gasteiger partial charge on any atom is -0.312 e. The molecule has 27 heavy (non-hydrogen) atoms. The van der Waals surface area contributed by atoms with Crippen LogP contribution in [0.25, 0.3) is 0 Å². The predicted octanol–water partition coefficient (Wildman–Crippen LogP) is 3.36. The molecule has 1 N–H and O–H groups in total. The Morgan fingerprint density at radius 3 is 2.63 bits per heavy atom. The lowest BCUT2D eigenvalue weighted by Gasteiger charge is -2.16. The Balaban J connectivity index is 1.60. The first-order valence-electron chi connectivity index (χ1n) is 9.03. The van der Waals surface area contributed by atoms with E-state index in [1.165, 1.54) is 5.56 Å². The first-order chi connectivity index (χ1) is 12.9. The van der Waals surface area contributed by atoms with Gasteiger partial charge in [-0.15, -0.1) is 11.8 Å². The zero-order chi connectivity index (χ0) is 19.4. The van der Waals surface area contributed by atoms with Crippen molar-refractivity contribution >= 4 is 33.4 Å². The van der Waals surface area contributed by atoms with E-state index < -0.39 is 10.0 Å². The second-order valence-corrected chi connectivity index (χ2v) is 9.43. The number of nitrogens with zero attached hydrogens (tertiary/aromatic N) is 1. The van der Waals surface area contributed by atoms with Crippen LogP contribution in [0, 0.1) is 6.92 Å². The Kier molecular flexibility index (Phi) is 6.24. The summed E-state index contributed by atoms with van der Waals surface area (Å²) in [5.74, 6) is 0.724. The summed E-state index contributed by atoms with van der Waals surface area (Å²) in [5.41, 5.74) is 2.94. The van der Waals surface area contributed by atoms with E-state index in [1.54, 1.807) is 34.9 Å². The number of benzene rings is 2. The Hall–Kier alpha value is -1.83. The number of amides is 1. The lowest BCUT2D eigenvalue weighted by atomic mass is 10.2. The Bertz CT molecular complexity index is 925. The van der Waals surface area contributed by atoms with E-state index in [1.807, 2.05) is 38.1 Å². The number of thioether (sulfide) groups is 1. The van der Waals surface area contributed by atoms with Crippen LogP contribution in [0.4, 0.5) is 5.69 Å². The molecule has 3 rings (SSSR count). The Morgan fingerprint density at radius 2 is 1.93 bits per heavy atom. The van der Waals surface area contributed by atoms with Gasteiger partial charge in [-0.3, -0.25) is 4.79 Å². The average Bonchev–Trinajstić information content (AvgIpc) is 3.09. The molecule has 0 radical (unpaired) electrons. The van der Waals surface area contributed by atoms with Crippen molar-refractivity contribution in [2.75, 3.05) is 23.7 Å². The lowest BCUT2D eigenvalue weighted by Crippen LogP contribution is -2.28. The summed E-state index contributed by atoms with van der Waals surface area (Å²) in [6.45, 7) is 4.85. The minimum absolute atomic E-state index is 0.0654. The molecule has 0 aromatic heterocycles. The number of fused-ring (bicyclic) bond motifs is 1. The largest absolute Gasteiger partial charge is 0.312 e. The summed E-state index contributed by atoms with van der Waals surface area (Å²) >= 11 is 1.62. The molecule has 5 nitrogen and oxygen atoms in total. The number of aryl methyl sites for hydroxylation is 1. The maximum absolute atomic E-state index is 12.6. The van der Waals surface area contributed by atoms with Gasteiger partial charge in [-0.25, -0.2) is 13.1 Å². The molecule has 7 heteroatoms. The number of carbonyl (C=O) groups is 1. The van der Waals surface area contributed by atoms with E-state index >= 15 is 0 Å². The predicted molar refractivity (Wildman–Crippen MR) is 110 cm³/mol. The van der Waals surface area contributed by atoms with Crippen LogP contribution in [-0.4, -0.2) is 33.2 Å². The molecule has 1 amide bonds. The number of nitrogens with one attached hydrogen (secondary N) is 1. The van der Waals surface area contributed by atoms with Crippen LogP contribution in [0.1, 0.15) is 24.5 Å². The van der Waals surface area contributed by atoms with Gasteiger partial charge in [0.25, 0.3) is 0 Å². The highest BCUT2D eigenvalue weighted by Crippen LogP contribution is 2.30. The van der Waals surface area contributed by atoms with Crippen LogP contribution in [-0.2, 0) is 21.2 Å². The number of rotatable bonds is 7. The van der Waals surface area contributed by atoms with Crippen molar-refractivity contribution in [3.05, 3.63) is 53.6 Å². The van der Waals surface area contributed by atoms with E-state index in [-0.39, 0.29) is 10.8 Å². The van der Waals surface area contributed by atoms with E-state index in [0.717, 1.165) is 16.1 Å². The molecule has 2 aromatic carbocycles. The van der Waals surface area contributed by atoms with Gasteiger partial charge in [0.2, 0.25) is 15.9 Å². The van der Waals surface area contributed by atoms with Gasteiger partial charge < -0.3 is 4.90 Å². The molecule has 0 atom stereocenters. The maximum Gasteiger partial charge on any atom is 0.240 e. The van der Waals surface area contributed by atoms with Gasteiger partial charge in [-0.05, 0) is 49.2 Å². The summed E-state index contributed by atoms with van der Waals surface area (Å²) in [7, 11) is -3.55. The van der Waals surface area contributed by atoms with Gasteiger partial charge in [0.1, 0.15) is 0 Å². The number of sulfonamides is 1. The molecule has 0 saturated heterocycles. The third kappa shape index (κ3) is 4.72. The molecular formula is C20H24N2O3S2. The fourth-order valence-electron chi connectivity index (χ4n) is 3.06. The van der Waals surface area contributed by atoms with E-state index in [0.29, 0.717) is 31.7 Å². The molecule has 0 bridgehead atoms. The normalized spacial score (nSPS) is 13.6. The van der Waals surface area contributed by atoms with Crippen LogP contribution in [0.5, 0.6) is 0 Å². The van der Waals surface area contributed by atoms with Crippen molar-refractivity contribution in [3.63, 3.8) is 0 Å². The molecular weight excluding hydrogens is 380 g/mol. The quantitative estimate of drug-likeness (QED) is 0.568. The summed E-state index contributed by atoms with van der Waals surface area (Å²) in [4.78, 5) is 15.1. The fraction of sp³-hybridized carbons (Fsp3) is 0.350. The molecule has 0 fully saturated rings. The summed E-state index contributed by atoms with van der Waals surface area (Å²) in [6, 6.07) is 13.2. The van der Waals surface area contributed by atoms with Gasteiger partial charge >= 0.3 is 0 Å². The van der Waals surface area contributed by atoms with Crippen molar-refractivity contribution in [1.82, 2.24) is 4.72 Å². The standard InChI is InChI=1S/C20H24N2O3S2/c1-3-20(23)22-12-10-16-14-18(8-9-19(16)22)27(24,25)21-11-13-26-17-6-4-15(2)5-7-17/h4-9,14,21H,3,10-13H2,1-2H3. The molecule has 1 heterocycles. The second-order valence-electron chi connectivity index (χ2n) is 6.50. The average molecular weight is 405 g/mol. The van der Waals surface area contributed by atoms with E-state index in [4.69, 9.17) is 0 Å². The fourth-order valence-corrected chi connectivity index (χ4v) is 5.04. The molecule has 0 saturated carbocycles. The highest BCUT2D eigenvalue weighted by molar-refractivity contribution is 7.99. The first-order valence-corrected chi connectivity index (χ1v) is 11.5. The summed E-state index contributed by atoms with van der Waals surface area (Å²) in [5, 5.41) is 0. The molecule has 0 aliphatic carbocycles. The van der Waals surface area contributed by atoms with Gasteiger partial charge in [0, 0.05) is 35.8 Å². The highest BCUT2D eigenvalue weighted by Gasteiger charge is 2.25. The molecule has 1 aliphatic rings. The molecule has 0 spiro atoms. The summed E-state index contributed by atoms with van der Waals surface area (Å²) in [6.07, 6.45) is 1.13. The van der Waals surface area contributed by atoms with Crippen molar-refractivity contribution < 1.29 is 13.2 Å². The molecule has 2 aromatic rings. The van der Waals surface area contributed by atoms with Crippen LogP contribution in [0.2, 0.25) is 0 Å². The number of hydrogen-bond donors (Lipinski definition) is 1. The number of carbonyl (C=O) groups excluding carboxylic acids is 1. The van der Waals surface area contributed by atoms with E-state index in [2.05, 4.69) is 4.72 Å². The SMILES string of the molecule is CCC(=O)N1CCc2cc(S(=O)(=O)NCCSc3ccc(C)cc3)ccc21. The topological polar surface area (TPSA) is 66.5 Å². The third-order valence-corrected chi connectivity index (χ3v) is 7.02. The highest BCUT2D eigenvalue weighted by atomic mass is 32.2. The van der Waals surface area contributed by atoms with Gasteiger partial charge in [0.15, 0.2) is 0 Å². The molecule has 144 valence electrons. The van der Waals surface area contributed by atoms with E-state index in [9.17, 15) is 13.2 Å². The smallest absolute Gasteiger partial charge is 0.240 e. The molecule has 0 unspecified atom stereocenters. The Labute approximate surface area is 165 Å². The Morgan fingerprint density at radius 1 is 1.19 bits per heavy atom. The maximum atomic E-state index is 12.6. The lowest BCUT2D eigenvalue weighted by molar-refractivity contribution is -0.118. The number of anilines is 1. The zero-order valence-electron chi connectivity index (χ0n) is 15.6. The second kappa shape index (κ2) is 8.46. The first kappa shape index (κ1) is 19.9. The monoisotopic (exact) mass is 404 g/mol. The summed E-state index contributed by atoms with van der Waals surface area (Å²) < 4.78 is 27.8. The van der Waals surface area contributed by atoms with Crippen LogP contribution in [0.15, 0.2) is 52.3 Å². The van der Waals surface area contributed by atoms with Crippen molar-refractivity contribution in [3.8, 4) is 0 Å². The van der Waals surface area contributed by atoms with Crippen molar-refractivity contribution in [1.29, 1.82) is 0 Å². The van der Waals surface area contributed by atoms with Gasteiger partial charge in [-0.2, -0.15) is 0 Å². The van der Waals surface area contributed by atoms with Crippen LogP contribution >= 0.6 is 11.8 Å². The number of hydrogen-bond acceptors (Lipinski definition) is 4. The van der Waals surface area contributed by atoms with Crippen LogP contribution < -0.4 is 9.62 Å².